The lowest BCUT2D eigenvalue weighted by atomic mass is 9.95. The first-order valence-electron chi connectivity index (χ1n) is 8.62. The molecule has 7 heteroatoms. The average Bonchev–Trinajstić information content (AvgIpc) is 2.64. The second kappa shape index (κ2) is 7.76. The lowest BCUT2D eigenvalue weighted by molar-refractivity contribution is -0.137. The van der Waals surface area contributed by atoms with Gasteiger partial charge in [-0.25, -0.2) is 0 Å². The van der Waals surface area contributed by atoms with Gasteiger partial charge in [-0.1, -0.05) is 19.3 Å². The van der Waals surface area contributed by atoms with Gasteiger partial charge in [-0.15, -0.1) is 0 Å². The van der Waals surface area contributed by atoms with Crippen molar-refractivity contribution in [2.75, 3.05) is 10.6 Å². The topological polar surface area (TPSA) is 54.0 Å². The number of hydrogen-bond donors (Lipinski definition) is 2. The smallest absolute Gasteiger partial charge is 0.381 e. The lowest BCUT2D eigenvalue weighted by Gasteiger charge is -2.25. The van der Waals surface area contributed by atoms with Crippen LogP contribution in [0.15, 0.2) is 42.7 Å². The highest BCUT2D eigenvalue weighted by molar-refractivity contribution is 6.05. The Kier molecular flexibility index (Phi) is 5.44. The molecule has 0 unspecified atom stereocenters. The molecule has 1 aliphatic rings. The Bertz CT molecular complexity index is 756. The van der Waals surface area contributed by atoms with Crippen LogP contribution in [0, 0.1) is 0 Å². The number of aromatic nitrogens is 1. The third-order valence-corrected chi connectivity index (χ3v) is 4.50. The van der Waals surface area contributed by atoms with Crippen LogP contribution < -0.4 is 10.6 Å². The summed E-state index contributed by atoms with van der Waals surface area (Å²) in [6, 6.07) is 6.63. The fourth-order valence-electron chi connectivity index (χ4n) is 3.11. The van der Waals surface area contributed by atoms with Gasteiger partial charge in [0.2, 0.25) is 0 Å². The molecule has 0 atom stereocenters. The number of carbonyl (C=O) groups is 1. The van der Waals surface area contributed by atoms with E-state index in [-0.39, 0.29) is 11.7 Å². The summed E-state index contributed by atoms with van der Waals surface area (Å²) in [5.74, 6) is -0.474. The SMILES string of the molecule is O=C(Nc1cc(C(F)(F)F)ccc1NC1CCCCC1)c1ccncc1. The third kappa shape index (κ3) is 4.53. The van der Waals surface area contributed by atoms with Crippen molar-refractivity contribution in [2.45, 2.75) is 44.3 Å². The first kappa shape index (κ1) is 18.2. The van der Waals surface area contributed by atoms with Crippen molar-refractivity contribution in [2.24, 2.45) is 0 Å². The molecule has 0 radical (unpaired) electrons. The van der Waals surface area contributed by atoms with Gasteiger partial charge in [0.15, 0.2) is 0 Å². The number of halogens is 3. The van der Waals surface area contributed by atoms with E-state index in [2.05, 4.69) is 15.6 Å². The fourth-order valence-corrected chi connectivity index (χ4v) is 3.11. The molecule has 2 aromatic rings. The zero-order chi connectivity index (χ0) is 18.6. The summed E-state index contributed by atoms with van der Waals surface area (Å²) in [5.41, 5.74) is 0.178. The zero-order valence-electron chi connectivity index (χ0n) is 14.1. The Balaban J connectivity index is 1.86. The van der Waals surface area contributed by atoms with Gasteiger partial charge in [0, 0.05) is 24.0 Å². The second-order valence-electron chi connectivity index (χ2n) is 6.43. The van der Waals surface area contributed by atoms with Crippen LogP contribution in [0.5, 0.6) is 0 Å². The number of amides is 1. The summed E-state index contributed by atoms with van der Waals surface area (Å²) in [7, 11) is 0. The van der Waals surface area contributed by atoms with Gasteiger partial charge in [-0.2, -0.15) is 13.2 Å². The second-order valence-corrected chi connectivity index (χ2v) is 6.43. The van der Waals surface area contributed by atoms with E-state index in [1.165, 1.54) is 37.0 Å². The van der Waals surface area contributed by atoms with Crippen LogP contribution in [-0.4, -0.2) is 16.9 Å². The van der Waals surface area contributed by atoms with Gasteiger partial charge >= 0.3 is 6.18 Å². The minimum absolute atomic E-state index is 0.132. The van der Waals surface area contributed by atoms with Gasteiger partial charge in [0.25, 0.3) is 5.91 Å². The Morgan fingerprint density at radius 3 is 2.35 bits per heavy atom. The molecule has 0 spiro atoms. The average molecular weight is 363 g/mol. The van der Waals surface area contributed by atoms with E-state index < -0.39 is 17.6 Å². The maximum Gasteiger partial charge on any atom is 0.416 e. The first-order chi connectivity index (χ1) is 12.4. The van der Waals surface area contributed by atoms with E-state index in [1.807, 2.05) is 0 Å². The van der Waals surface area contributed by atoms with E-state index in [9.17, 15) is 18.0 Å². The van der Waals surface area contributed by atoms with Crippen LogP contribution in [0.3, 0.4) is 0 Å². The summed E-state index contributed by atoms with van der Waals surface area (Å²) < 4.78 is 39.2. The standard InChI is InChI=1S/C19H20F3N3O/c20-19(21,22)14-6-7-16(24-15-4-2-1-3-5-15)17(12-14)25-18(26)13-8-10-23-11-9-13/h6-12,15,24H,1-5H2,(H,25,26). The number of nitrogens with zero attached hydrogens (tertiary/aromatic N) is 1. The maximum atomic E-state index is 13.1. The van der Waals surface area contributed by atoms with Crippen molar-refractivity contribution in [1.29, 1.82) is 0 Å². The number of nitrogens with one attached hydrogen (secondary N) is 2. The molecule has 1 aromatic heterocycles. The molecular formula is C19H20F3N3O. The molecule has 1 fully saturated rings. The summed E-state index contributed by atoms with van der Waals surface area (Å²) in [5, 5.41) is 5.89. The Labute approximate surface area is 149 Å². The fraction of sp³-hybridized carbons (Fsp3) is 0.368. The number of alkyl halides is 3. The summed E-state index contributed by atoms with van der Waals surface area (Å²) in [4.78, 5) is 16.2. The van der Waals surface area contributed by atoms with Gasteiger partial charge in [0.05, 0.1) is 16.9 Å². The largest absolute Gasteiger partial charge is 0.416 e. The quantitative estimate of drug-likeness (QED) is 0.795. The molecule has 26 heavy (non-hydrogen) atoms. The molecule has 1 aromatic carbocycles. The highest BCUT2D eigenvalue weighted by Crippen LogP contribution is 2.35. The van der Waals surface area contributed by atoms with E-state index in [4.69, 9.17) is 0 Å². The molecule has 138 valence electrons. The molecule has 2 N–H and O–H groups in total. The highest BCUT2D eigenvalue weighted by Gasteiger charge is 2.31. The van der Waals surface area contributed by atoms with E-state index >= 15 is 0 Å². The number of hydrogen-bond acceptors (Lipinski definition) is 3. The molecule has 1 saturated carbocycles. The Morgan fingerprint density at radius 2 is 1.69 bits per heavy atom. The predicted molar refractivity (Wildman–Crippen MR) is 94.1 cm³/mol. The van der Waals surface area contributed by atoms with Crippen molar-refractivity contribution in [3.05, 3.63) is 53.9 Å². The molecule has 0 aliphatic heterocycles. The first-order valence-corrected chi connectivity index (χ1v) is 8.62. The van der Waals surface area contributed by atoms with Gasteiger partial charge in [-0.05, 0) is 43.2 Å². The van der Waals surface area contributed by atoms with Crippen molar-refractivity contribution < 1.29 is 18.0 Å². The molecule has 1 heterocycles. The maximum absolute atomic E-state index is 13.1. The zero-order valence-corrected chi connectivity index (χ0v) is 14.1. The van der Waals surface area contributed by atoms with Crippen LogP contribution >= 0.6 is 0 Å². The normalized spacial score (nSPS) is 15.5. The van der Waals surface area contributed by atoms with Crippen molar-refractivity contribution in [3.63, 3.8) is 0 Å². The summed E-state index contributed by atoms with van der Waals surface area (Å²) in [6.45, 7) is 0. The number of benzene rings is 1. The van der Waals surface area contributed by atoms with Crippen LogP contribution in [0.4, 0.5) is 24.5 Å². The minimum Gasteiger partial charge on any atom is -0.381 e. The molecule has 3 rings (SSSR count). The van der Waals surface area contributed by atoms with E-state index in [1.54, 1.807) is 0 Å². The van der Waals surface area contributed by atoms with E-state index in [0.29, 0.717) is 11.3 Å². The van der Waals surface area contributed by atoms with E-state index in [0.717, 1.165) is 37.8 Å². The van der Waals surface area contributed by atoms with Crippen LogP contribution in [0.25, 0.3) is 0 Å². The molecule has 0 saturated heterocycles. The summed E-state index contributed by atoms with van der Waals surface area (Å²) in [6.07, 6.45) is 3.76. The highest BCUT2D eigenvalue weighted by atomic mass is 19.4. The van der Waals surface area contributed by atoms with Gasteiger partial charge in [-0.3, -0.25) is 9.78 Å². The third-order valence-electron chi connectivity index (χ3n) is 4.50. The summed E-state index contributed by atoms with van der Waals surface area (Å²) >= 11 is 0. The van der Waals surface area contributed by atoms with Gasteiger partial charge < -0.3 is 10.6 Å². The number of anilines is 2. The number of rotatable bonds is 4. The van der Waals surface area contributed by atoms with Crippen LogP contribution in [0.1, 0.15) is 48.0 Å². The van der Waals surface area contributed by atoms with Gasteiger partial charge in [0.1, 0.15) is 0 Å². The van der Waals surface area contributed by atoms with Crippen molar-refractivity contribution in [3.8, 4) is 0 Å². The molecular weight excluding hydrogens is 343 g/mol. The Morgan fingerprint density at radius 1 is 1.00 bits per heavy atom. The number of carbonyl (C=O) groups excluding carboxylic acids is 1. The molecule has 0 bridgehead atoms. The van der Waals surface area contributed by atoms with Crippen LogP contribution in [-0.2, 0) is 6.18 Å². The molecule has 1 amide bonds. The van der Waals surface area contributed by atoms with Crippen molar-refractivity contribution in [1.82, 2.24) is 4.98 Å². The monoisotopic (exact) mass is 363 g/mol. The number of pyridine rings is 1. The van der Waals surface area contributed by atoms with Crippen molar-refractivity contribution >= 4 is 17.3 Å². The Hall–Kier alpha value is -2.57. The van der Waals surface area contributed by atoms with Crippen LogP contribution in [0.2, 0.25) is 0 Å². The molecule has 4 nitrogen and oxygen atoms in total. The minimum atomic E-state index is -4.47. The molecule has 1 aliphatic carbocycles. The predicted octanol–water partition coefficient (Wildman–Crippen LogP) is 5.10. The lowest BCUT2D eigenvalue weighted by Crippen LogP contribution is -2.24.